The second-order valence-corrected chi connectivity index (χ2v) is 5.31. The molecular weight excluding hydrogens is 286 g/mol. The fraction of sp³-hybridized carbons (Fsp3) is 0.167. The molecule has 0 saturated carbocycles. The van der Waals surface area contributed by atoms with Crippen LogP contribution in [0.4, 0.5) is 0 Å². The predicted octanol–water partition coefficient (Wildman–Crippen LogP) is 3.69. The molecule has 0 radical (unpaired) electrons. The van der Waals surface area contributed by atoms with Crippen LogP contribution in [0.25, 0.3) is 0 Å². The maximum absolute atomic E-state index is 5.63. The van der Waals surface area contributed by atoms with Crippen LogP contribution in [-0.2, 0) is 6.42 Å². The van der Waals surface area contributed by atoms with Crippen molar-refractivity contribution in [3.63, 3.8) is 0 Å². The van der Waals surface area contributed by atoms with Gasteiger partial charge in [-0.15, -0.1) is 0 Å². The standard InChI is InChI=1S/C12H12BrNOS/c13-9-1-4-11(5-2-9)16-12-6-3-10(15-12)7-8-14/h1-6H,7-8,14H2. The van der Waals surface area contributed by atoms with E-state index in [0.717, 1.165) is 26.6 Å². The molecule has 1 heterocycles. The van der Waals surface area contributed by atoms with Crippen molar-refractivity contribution in [1.29, 1.82) is 0 Å². The van der Waals surface area contributed by atoms with Crippen LogP contribution < -0.4 is 5.73 Å². The summed E-state index contributed by atoms with van der Waals surface area (Å²) in [6.07, 6.45) is 0.793. The predicted molar refractivity (Wildman–Crippen MR) is 69.7 cm³/mol. The van der Waals surface area contributed by atoms with Gasteiger partial charge in [0.1, 0.15) is 5.76 Å². The van der Waals surface area contributed by atoms with Gasteiger partial charge in [0.25, 0.3) is 0 Å². The molecule has 2 N–H and O–H groups in total. The molecular formula is C12H12BrNOS. The monoisotopic (exact) mass is 297 g/mol. The number of halogens is 1. The van der Waals surface area contributed by atoms with E-state index in [1.54, 1.807) is 11.8 Å². The number of hydrogen-bond donors (Lipinski definition) is 1. The SMILES string of the molecule is NCCc1ccc(Sc2ccc(Br)cc2)o1. The maximum atomic E-state index is 5.63. The van der Waals surface area contributed by atoms with Crippen molar-refractivity contribution >= 4 is 27.7 Å². The van der Waals surface area contributed by atoms with Gasteiger partial charge in [0, 0.05) is 15.8 Å². The van der Waals surface area contributed by atoms with Crippen molar-refractivity contribution in [3.8, 4) is 0 Å². The minimum Gasteiger partial charge on any atom is -0.454 e. The summed E-state index contributed by atoms with van der Waals surface area (Å²) < 4.78 is 6.71. The number of furan rings is 1. The Kier molecular flexibility index (Phi) is 4.09. The van der Waals surface area contributed by atoms with E-state index in [9.17, 15) is 0 Å². The van der Waals surface area contributed by atoms with Crippen LogP contribution in [0.1, 0.15) is 5.76 Å². The van der Waals surface area contributed by atoms with Gasteiger partial charge in [0.05, 0.1) is 0 Å². The van der Waals surface area contributed by atoms with E-state index in [1.165, 1.54) is 0 Å². The van der Waals surface area contributed by atoms with E-state index >= 15 is 0 Å². The maximum Gasteiger partial charge on any atom is 0.165 e. The lowest BCUT2D eigenvalue weighted by atomic mass is 10.3. The molecule has 0 aliphatic heterocycles. The Hall–Kier alpha value is -0.710. The molecule has 1 aromatic heterocycles. The highest BCUT2D eigenvalue weighted by Crippen LogP contribution is 2.30. The van der Waals surface area contributed by atoms with E-state index in [1.807, 2.05) is 24.3 Å². The lowest BCUT2D eigenvalue weighted by Gasteiger charge is -1.98. The van der Waals surface area contributed by atoms with Gasteiger partial charge >= 0.3 is 0 Å². The summed E-state index contributed by atoms with van der Waals surface area (Å²) in [5.41, 5.74) is 5.47. The highest BCUT2D eigenvalue weighted by atomic mass is 79.9. The van der Waals surface area contributed by atoms with Gasteiger partial charge in [-0.2, -0.15) is 0 Å². The Morgan fingerprint density at radius 1 is 1.12 bits per heavy atom. The van der Waals surface area contributed by atoms with Gasteiger partial charge in [0.2, 0.25) is 0 Å². The lowest BCUT2D eigenvalue weighted by molar-refractivity contribution is 0.432. The summed E-state index contributed by atoms with van der Waals surface area (Å²) in [6.45, 7) is 0.621. The first-order valence-corrected chi connectivity index (χ1v) is 6.61. The Morgan fingerprint density at radius 2 is 1.88 bits per heavy atom. The average molecular weight is 298 g/mol. The Bertz CT molecular complexity index is 452. The summed E-state index contributed by atoms with van der Waals surface area (Å²) in [5, 5.41) is 0.908. The van der Waals surface area contributed by atoms with Crippen LogP contribution in [-0.4, -0.2) is 6.54 Å². The average Bonchev–Trinajstić information content (AvgIpc) is 2.70. The topological polar surface area (TPSA) is 39.2 Å². The van der Waals surface area contributed by atoms with E-state index in [4.69, 9.17) is 10.2 Å². The van der Waals surface area contributed by atoms with E-state index < -0.39 is 0 Å². The van der Waals surface area contributed by atoms with Gasteiger partial charge in [-0.1, -0.05) is 27.7 Å². The first kappa shape index (κ1) is 11.8. The van der Waals surface area contributed by atoms with Crippen LogP contribution in [0.2, 0.25) is 0 Å². The second kappa shape index (κ2) is 5.57. The normalized spacial score (nSPS) is 10.6. The Labute approximate surface area is 107 Å². The molecule has 0 atom stereocenters. The zero-order valence-electron chi connectivity index (χ0n) is 8.65. The fourth-order valence-electron chi connectivity index (χ4n) is 1.31. The van der Waals surface area contributed by atoms with Crippen LogP contribution in [0.3, 0.4) is 0 Å². The van der Waals surface area contributed by atoms with Crippen molar-refractivity contribution in [2.45, 2.75) is 16.4 Å². The lowest BCUT2D eigenvalue weighted by Crippen LogP contribution is -2.01. The minimum absolute atomic E-state index is 0.621. The molecule has 0 saturated heterocycles. The molecule has 2 rings (SSSR count). The molecule has 0 aliphatic rings. The molecule has 0 bridgehead atoms. The molecule has 0 aliphatic carbocycles. The van der Waals surface area contributed by atoms with E-state index in [2.05, 4.69) is 28.1 Å². The first-order chi connectivity index (χ1) is 7.78. The molecule has 0 unspecified atom stereocenters. The van der Waals surface area contributed by atoms with Gasteiger partial charge in [0.15, 0.2) is 5.09 Å². The third-order valence-corrected chi connectivity index (χ3v) is 3.52. The zero-order valence-corrected chi connectivity index (χ0v) is 11.1. The number of rotatable bonds is 4. The molecule has 2 nitrogen and oxygen atoms in total. The molecule has 16 heavy (non-hydrogen) atoms. The van der Waals surface area contributed by atoms with Gasteiger partial charge in [-0.25, -0.2) is 0 Å². The number of nitrogens with two attached hydrogens (primary N) is 1. The molecule has 0 fully saturated rings. The minimum atomic E-state index is 0.621. The molecule has 4 heteroatoms. The Balaban J connectivity index is 2.05. The van der Waals surface area contributed by atoms with Gasteiger partial charge in [-0.05, 0) is 42.9 Å². The summed E-state index contributed by atoms with van der Waals surface area (Å²) in [5.74, 6) is 0.946. The van der Waals surface area contributed by atoms with E-state index in [-0.39, 0.29) is 0 Å². The summed E-state index contributed by atoms with van der Waals surface area (Å²) in [4.78, 5) is 1.16. The van der Waals surface area contributed by atoms with Crippen LogP contribution in [0, 0.1) is 0 Å². The summed E-state index contributed by atoms with van der Waals surface area (Å²) in [7, 11) is 0. The van der Waals surface area contributed by atoms with Crippen LogP contribution in [0.15, 0.2) is 55.3 Å². The first-order valence-electron chi connectivity index (χ1n) is 5.00. The smallest absolute Gasteiger partial charge is 0.165 e. The molecule has 0 spiro atoms. The summed E-state index contributed by atoms with van der Waals surface area (Å²) >= 11 is 5.02. The van der Waals surface area contributed by atoms with E-state index in [0.29, 0.717) is 6.54 Å². The molecule has 84 valence electrons. The number of hydrogen-bond acceptors (Lipinski definition) is 3. The summed E-state index contributed by atoms with van der Waals surface area (Å²) in [6, 6.07) is 12.1. The zero-order chi connectivity index (χ0) is 11.4. The third-order valence-electron chi connectivity index (χ3n) is 2.06. The molecule has 2 aromatic rings. The van der Waals surface area contributed by atoms with Crippen molar-refractivity contribution in [1.82, 2.24) is 0 Å². The third kappa shape index (κ3) is 3.14. The second-order valence-electron chi connectivity index (χ2n) is 3.32. The van der Waals surface area contributed by atoms with Crippen LogP contribution >= 0.6 is 27.7 Å². The fourth-order valence-corrected chi connectivity index (χ4v) is 2.36. The quantitative estimate of drug-likeness (QED) is 0.935. The molecule has 0 amide bonds. The largest absolute Gasteiger partial charge is 0.454 e. The van der Waals surface area contributed by atoms with Crippen LogP contribution in [0.5, 0.6) is 0 Å². The van der Waals surface area contributed by atoms with Crippen molar-refractivity contribution in [2.75, 3.05) is 6.54 Å². The van der Waals surface area contributed by atoms with Gasteiger partial charge in [-0.3, -0.25) is 0 Å². The van der Waals surface area contributed by atoms with Crippen molar-refractivity contribution in [2.24, 2.45) is 5.73 Å². The highest BCUT2D eigenvalue weighted by molar-refractivity contribution is 9.10. The molecule has 1 aromatic carbocycles. The van der Waals surface area contributed by atoms with Crippen molar-refractivity contribution < 1.29 is 4.42 Å². The van der Waals surface area contributed by atoms with Crippen molar-refractivity contribution in [3.05, 3.63) is 46.6 Å². The highest BCUT2D eigenvalue weighted by Gasteiger charge is 2.03. The Morgan fingerprint density at radius 3 is 2.56 bits per heavy atom. The van der Waals surface area contributed by atoms with Gasteiger partial charge < -0.3 is 10.2 Å². The number of benzene rings is 1.